The molecule has 20 heavy (non-hydrogen) atoms. The molecule has 3 atom stereocenters. The van der Waals surface area contributed by atoms with Gasteiger partial charge in [0.2, 0.25) is 5.91 Å². The zero-order valence-electron chi connectivity index (χ0n) is 12.6. The van der Waals surface area contributed by atoms with Crippen molar-refractivity contribution in [1.82, 2.24) is 10.3 Å². The molecule has 1 amide bonds. The third-order valence-electron chi connectivity index (χ3n) is 3.65. The average molecular weight is 298 g/mol. The SMILES string of the molecule is CCC(C)C(C)C(=O)NC(C)c1nc(C)c(C(=O)O)s1. The van der Waals surface area contributed by atoms with Gasteiger partial charge in [0.1, 0.15) is 9.88 Å². The van der Waals surface area contributed by atoms with E-state index in [1.165, 1.54) is 0 Å². The monoisotopic (exact) mass is 298 g/mol. The molecule has 0 aliphatic rings. The molecule has 1 aromatic rings. The molecule has 112 valence electrons. The summed E-state index contributed by atoms with van der Waals surface area (Å²) in [4.78, 5) is 27.6. The van der Waals surface area contributed by atoms with Gasteiger partial charge < -0.3 is 10.4 Å². The maximum atomic E-state index is 12.1. The Balaban J connectivity index is 2.76. The van der Waals surface area contributed by atoms with E-state index < -0.39 is 5.97 Å². The predicted molar refractivity (Wildman–Crippen MR) is 79.0 cm³/mol. The standard InChI is InChI=1S/C14H22N2O3S/c1-6-7(2)8(3)12(17)15-10(5)13-16-9(4)11(20-13)14(18)19/h7-8,10H,6H2,1-5H3,(H,15,17)(H,18,19). The summed E-state index contributed by atoms with van der Waals surface area (Å²) in [6.07, 6.45) is 0.947. The summed E-state index contributed by atoms with van der Waals surface area (Å²) >= 11 is 1.12. The number of rotatable bonds is 6. The van der Waals surface area contributed by atoms with Gasteiger partial charge in [0.05, 0.1) is 11.7 Å². The van der Waals surface area contributed by atoms with Crippen LogP contribution in [0.2, 0.25) is 0 Å². The Morgan fingerprint density at radius 1 is 1.35 bits per heavy atom. The predicted octanol–water partition coefficient (Wildman–Crippen LogP) is 3.01. The summed E-state index contributed by atoms with van der Waals surface area (Å²) in [5, 5.41) is 12.6. The smallest absolute Gasteiger partial charge is 0.347 e. The largest absolute Gasteiger partial charge is 0.477 e. The molecule has 0 spiro atoms. The van der Waals surface area contributed by atoms with Crippen molar-refractivity contribution in [2.75, 3.05) is 0 Å². The van der Waals surface area contributed by atoms with Crippen molar-refractivity contribution in [3.05, 3.63) is 15.6 Å². The number of carboxylic acid groups (broad SMARTS) is 1. The van der Waals surface area contributed by atoms with E-state index in [1.807, 2.05) is 20.8 Å². The van der Waals surface area contributed by atoms with Gasteiger partial charge in [-0.1, -0.05) is 27.2 Å². The number of nitrogens with one attached hydrogen (secondary N) is 1. The quantitative estimate of drug-likeness (QED) is 0.846. The van der Waals surface area contributed by atoms with Gasteiger partial charge in [-0.2, -0.15) is 0 Å². The van der Waals surface area contributed by atoms with Gasteiger partial charge in [0.25, 0.3) is 0 Å². The van der Waals surface area contributed by atoms with Crippen molar-refractivity contribution in [3.63, 3.8) is 0 Å². The summed E-state index contributed by atoms with van der Waals surface area (Å²) in [5.74, 6) is -0.744. The van der Waals surface area contributed by atoms with Gasteiger partial charge in [0.15, 0.2) is 0 Å². The highest BCUT2D eigenvalue weighted by atomic mass is 32.1. The lowest BCUT2D eigenvalue weighted by Crippen LogP contribution is -2.34. The Bertz CT molecular complexity index is 499. The molecule has 3 unspecified atom stereocenters. The Morgan fingerprint density at radius 3 is 2.40 bits per heavy atom. The number of aromatic carboxylic acids is 1. The average Bonchev–Trinajstić information content (AvgIpc) is 2.79. The molecule has 5 nitrogen and oxygen atoms in total. The molecule has 1 heterocycles. The second kappa shape index (κ2) is 6.83. The molecule has 2 N–H and O–H groups in total. The highest BCUT2D eigenvalue weighted by Gasteiger charge is 2.23. The fourth-order valence-electron chi connectivity index (χ4n) is 1.82. The maximum absolute atomic E-state index is 12.1. The number of hydrogen-bond acceptors (Lipinski definition) is 4. The minimum absolute atomic E-state index is 0.0171. The summed E-state index contributed by atoms with van der Waals surface area (Å²) in [7, 11) is 0. The van der Waals surface area contributed by atoms with E-state index in [9.17, 15) is 9.59 Å². The first kappa shape index (κ1) is 16.6. The van der Waals surface area contributed by atoms with Gasteiger partial charge in [-0.05, 0) is 19.8 Å². The number of carbonyl (C=O) groups excluding carboxylic acids is 1. The van der Waals surface area contributed by atoms with E-state index in [4.69, 9.17) is 5.11 Å². The lowest BCUT2D eigenvalue weighted by atomic mass is 9.93. The normalized spacial score (nSPS) is 15.4. The van der Waals surface area contributed by atoms with Crippen molar-refractivity contribution in [2.45, 2.75) is 47.1 Å². The van der Waals surface area contributed by atoms with E-state index in [2.05, 4.69) is 17.2 Å². The maximum Gasteiger partial charge on any atom is 0.347 e. The number of thiazole rings is 1. The van der Waals surface area contributed by atoms with Crippen LogP contribution in [-0.4, -0.2) is 22.0 Å². The Labute approximate surface area is 123 Å². The number of amides is 1. The molecule has 0 bridgehead atoms. The Morgan fingerprint density at radius 2 is 1.95 bits per heavy atom. The van der Waals surface area contributed by atoms with Crippen LogP contribution in [0.25, 0.3) is 0 Å². The molecule has 0 fully saturated rings. The van der Waals surface area contributed by atoms with Crippen molar-refractivity contribution >= 4 is 23.2 Å². The van der Waals surface area contributed by atoms with Crippen LogP contribution in [0.1, 0.15) is 60.5 Å². The summed E-state index contributed by atoms with van der Waals surface area (Å²) in [6.45, 7) is 9.50. The molecule has 0 aliphatic carbocycles. The van der Waals surface area contributed by atoms with Crippen molar-refractivity contribution in [1.29, 1.82) is 0 Å². The summed E-state index contributed by atoms with van der Waals surface area (Å²) < 4.78 is 0. The van der Waals surface area contributed by atoms with Gasteiger partial charge in [-0.15, -0.1) is 11.3 Å². The summed E-state index contributed by atoms with van der Waals surface area (Å²) in [5.41, 5.74) is 0.494. The number of hydrogen-bond donors (Lipinski definition) is 2. The first-order valence-electron chi connectivity index (χ1n) is 6.78. The molecule has 6 heteroatoms. The number of aryl methyl sites for hydroxylation is 1. The highest BCUT2D eigenvalue weighted by molar-refractivity contribution is 7.13. The van der Waals surface area contributed by atoms with E-state index in [0.717, 1.165) is 17.8 Å². The third kappa shape index (κ3) is 3.79. The fourth-order valence-corrected chi connectivity index (χ4v) is 2.73. The van der Waals surface area contributed by atoms with Gasteiger partial charge in [0, 0.05) is 5.92 Å². The van der Waals surface area contributed by atoms with Crippen molar-refractivity contribution in [3.8, 4) is 0 Å². The van der Waals surface area contributed by atoms with Crippen LogP contribution in [0.3, 0.4) is 0 Å². The second-order valence-corrected chi connectivity index (χ2v) is 6.21. The van der Waals surface area contributed by atoms with Crippen LogP contribution in [0.4, 0.5) is 0 Å². The highest BCUT2D eigenvalue weighted by Crippen LogP contribution is 2.24. The Hall–Kier alpha value is -1.43. The number of nitrogens with zero attached hydrogens (tertiary/aromatic N) is 1. The zero-order valence-corrected chi connectivity index (χ0v) is 13.4. The number of aromatic nitrogens is 1. The van der Waals surface area contributed by atoms with Gasteiger partial charge >= 0.3 is 5.97 Å². The van der Waals surface area contributed by atoms with Crippen molar-refractivity contribution in [2.24, 2.45) is 11.8 Å². The molecule has 1 aromatic heterocycles. The van der Waals surface area contributed by atoms with E-state index >= 15 is 0 Å². The lowest BCUT2D eigenvalue weighted by molar-refractivity contribution is -0.126. The summed E-state index contributed by atoms with van der Waals surface area (Å²) in [6, 6.07) is -0.272. The van der Waals surface area contributed by atoms with E-state index in [0.29, 0.717) is 16.6 Å². The molecule has 0 saturated heterocycles. The second-order valence-electron chi connectivity index (χ2n) is 5.18. The van der Waals surface area contributed by atoms with Gasteiger partial charge in [-0.3, -0.25) is 4.79 Å². The molecule has 0 aliphatic heterocycles. The van der Waals surface area contributed by atoms with Crippen LogP contribution in [0.15, 0.2) is 0 Å². The lowest BCUT2D eigenvalue weighted by Gasteiger charge is -2.20. The minimum atomic E-state index is -0.974. The number of carbonyl (C=O) groups is 2. The van der Waals surface area contributed by atoms with Crippen LogP contribution < -0.4 is 5.32 Å². The van der Waals surface area contributed by atoms with Crippen LogP contribution in [-0.2, 0) is 4.79 Å². The molecule has 0 aromatic carbocycles. The van der Waals surface area contributed by atoms with Gasteiger partial charge in [-0.25, -0.2) is 9.78 Å². The van der Waals surface area contributed by atoms with Crippen LogP contribution in [0.5, 0.6) is 0 Å². The van der Waals surface area contributed by atoms with E-state index in [-0.39, 0.29) is 22.7 Å². The fraction of sp³-hybridized carbons (Fsp3) is 0.643. The first-order valence-corrected chi connectivity index (χ1v) is 7.60. The molecule has 0 radical (unpaired) electrons. The van der Waals surface area contributed by atoms with Crippen LogP contribution in [0, 0.1) is 18.8 Å². The topological polar surface area (TPSA) is 79.3 Å². The van der Waals surface area contributed by atoms with Crippen LogP contribution >= 0.6 is 11.3 Å². The number of carboxylic acids is 1. The third-order valence-corrected chi connectivity index (χ3v) is 4.98. The first-order chi connectivity index (χ1) is 9.27. The molecule has 1 rings (SSSR count). The van der Waals surface area contributed by atoms with Crippen molar-refractivity contribution < 1.29 is 14.7 Å². The Kier molecular flexibility index (Phi) is 5.68. The molecular weight excluding hydrogens is 276 g/mol. The molecular formula is C14H22N2O3S. The van der Waals surface area contributed by atoms with E-state index in [1.54, 1.807) is 6.92 Å². The zero-order chi connectivity index (χ0) is 15.4. The molecule has 0 saturated carbocycles. The minimum Gasteiger partial charge on any atom is -0.477 e.